The summed E-state index contributed by atoms with van der Waals surface area (Å²) in [6.07, 6.45) is 2.32. The lowest BCUT2D eigenvalue weighted by Gasteiger charge is -2.15. The average Bonchev–Trinajstić information content (AvgIpc) is 3.03. The Balaban J connectivity index is 1.93. The molecule has 1 amide bonds. The zero-order chi connectivity index (χ0) is 22.4. The van der Waals surface area contributed by atoms with Crippen molar-refractivity contribution in [1.29, 1.82) is 0 Å². The first-order chi connectivity index (χ1) is 14.8. The number of rotatable bonds is 8. The van der Waals surface area contributed by atoms with Crippen LogP contribution in [0, 0.1) is 0 Å². The number of carbonyl (C=O) groups excluding carboxylic acids is 1. The van der Waals surface area contributed by atoms with E-state index in [1.54, 1.807) is 31.4 Å². The lowest BCUT2D eigenvalue weighted by molar-refractivity contribution is -0.122. The molecule has 31 heavy (non-hydrogen) atoms. The molecule has 0 aliphatic carbocycles. The maximum Gasteiger partial charge on any atom is 0.284 e. The van der Waals surface area contributed by atoms with Crippen molar-refractivity contribution in [2.75, 3.05) is 39.3 Å². The number of hydrogen-bond acceptors (Lipinski definition) is 6. The molecule has 1 aliphatic rings. The highest BCUT2D eigenvalue weighted by atomic mass is 32.2. The van der Waals surface area contributed by atoms with Crippen molar-refractivity contribution in [2.24, 2.45) is 4.40 Å². The zero-order valence-electron chi connectivity index (χ0n) is 17.7. The lowest BCUT2D eigenvalue weighted by Crippen LogP contribution is -2.31. The molecule has 2 aromatic rings. The molecule has 0 bridgehead atoms. The lowest BCUT2D eigenvalue weighted by atomic mass is 10.2. The fraction of sp³-hybridized carbons (Fsp3) is 0.273. The number of methoxy groups -OCH3 is 1. The van der Waals surface area contributed by atoms with Crippen LogP contribution in [-0.4, -0.2) is 58.7 Å². The van der Waals surface area contributed by atoms with Crippen molar-refractivity contribution in [3.05, 3.63) is 65.1 Å². The molecule has 2 aromatic carbocycles. The summed E-state index contributed by atoms with van der Waals surface area (Å²) in [5, 5.41) is 0.154. The summed E-state index contributed by atoms with van der Waals surface area (Å²) in [7, 11) is 1.56. The molecule has 1 aliphatic heterocycles. The van der Waals surface area contributed by atoms with Crippen LogP contribution in [0.1, 0.15) is 12.0 Å². The largest absolute Gasteiger partial charge is 0.385 e. The van der Waals surface area contributed by atoms with Gasteiger partial charge in [0, 0.05) is 40.0 Å². The molecule has 0 unspecified atom stereocenters. The minimum atomic E-state index is -3.93. The topological polar surface area (TPSA) is 79.3 Å². The Morgan fingerprint density at radius 1 is 1.10 bits per heavy atom. The SMILES string of the molecule is COCCCN1C(=O)C(=Cc2ccc(N(C)C)cc2)SC1=NS(=O)(=O)c1ccccc1. The van der Waals surface area contributed by atoms with Crippen molar-refractivity contribution in [3.8, 4) is 0 Å². The molecule has 164 valence electrons. The summed E-state index contributed by atoms with van der Waals surface area (Å²) in [5.41, 5.74) is 1.90. The maximum absolute atomic E-state index is 13.0. The number of benzene rings is 2. The van der Waals surface area contributed by atoms with E-state index in [4.69, 9.17) is 4.74 Å². The Morgan fingerprint density at radius 3 is 2.39 bits per heavy atom. The van der Waals surface area contributed by atoms with Gasteiger partial charge in [0.05, 0.1) is 9.80 Å². The molecule has 1 saturated heterocycles. The average molecular weight is 460 g/mol. The first-order valence-corrected chi connectivity index (χ1v) is 12.0. The highest BCUT2D eigenvalue weighted by molar-refractivity contribution is 8.19. The van der Waals surface area contributed by atoms with Gasteiger partial charge >= 0.3 is 0 Å². The molecule has 0 saturated carbocycles. The Labute approximate surface area is 187 Å². The van der Waals surface area contributed by atoms with Gasteiger partial charge in [0.1, 0.15) is 0 Å². The molecule has 0 N–H and O–H groups in total. The third-order valence-corrected chi connectivity index (χ3v) is 6.97. The minimum absolute atomic E-state index is 0.0871. The summed E-state index contributed by atoms with van der Waals surface area (Å²) < 4.78 is 34.6. The fourth-order valence-corrected chi connectivity index (χ4v) is 5.14. The van der Waals surface area contributed by atoms with E-state index in [0.717, 1.165) is 23.0 Å². The van der Waals surface area contributed by atoms with E-state index < -0.39 is 10.0 Å². The van der Waals surface area contributed by atoms with Crippen LogP contribution in [0.2, 0.25) is 0 Å². The van der Waals surface area contributed by atoms with Crippen molar-refractivity contribution >= 4 is 44.6 Å². The molecule has 3 rings (SSSR count). The fourth-order valence-electron chi connectivity index (χ4n) is 2.91. The summed E-state index contributed by atoms with van der Waals surface area (Å²) in [5.74, 6) is -0.264. The van der Waals surface area contributed by atoms with Gasteiger partial charge in [0.25, 0.3) is 15.9 Å². The van der Waals surface area contributed by atoms with E-state index in [0.29, 0.717) is 24.5 Å². The minimum Gasteiger partial charge on any atom is -0.385 e. The Bertz CT molecular complexity index is 1080. The molecule has 1 heterocycles. The number of carbonyl (C=O) groups is 1. The predicted octanol–water partition coefficient (Wildman–Crippen LogP) is 3.45. The summed E-state index contributed by atoms with van der Waals surface area (Å²) in [6.45, 7) is 0.776. The van der Waals surface area contributed by atoms with Gasteiger partial charge in [-0.2, -0.15) is 8.42 Å². The van der Waals surface area contributed by atoms with Gasteiger partial charge in [-0.1, -0.05) is 30.3 Å². The number of sulfonamides is 1. The third kappa shape index (κ3) is 5.75. The number of amidine groups is 1. The first-order valence-electron chi connectivity index (χ1n) is 9.69. The van der Waals surface area contributed by atoms with E-state index in [2.05, 4.69) is 4.40 Å². The van der Waals surface area contributed by atoms with Crippen LogP contribution in [0.4, 0.5) is 5.69 Å². The number of thioether (sulfide) groups is 1. The number of hydrogen-bond donors (Lipinski definition) is 0. The molecule has 7 nitrogen and oxygen atoms in total. The predicted molar refractivity (Wildman–Crippen MR) is 126 cm³/mol. The van der Waals surface area contributed by atoms with Gasteiger partial charge in [0.2, 0.25) is 0 Å². The smallest absolute Gasteiger partial charge is 0.284 e. The van der Waals surface area contributed by atoms with Gasteiger partial charge in [-0.15, -0.1) is 4.40 Å². The molecule has 0 atom stereocenters. The van der Waals surface area contributed by atoms with E-state index >= 15 is 0 Å². The van der Waals surface area contributed by atoms with E-state index in [-0.39, 0.29) is 16.0 Å². The zero-order valence-corrected chi connectivity index (χ0v) is 19.3. The Morgan fingerprint density at radius 2 is 1.77 bits per heavy atom. The highest BCUT2D eigenvalue weighted by Gasteiger charge is 2.34. The first kappa shape index (κ1) is 23.1. The van der Waals surface area contributed by atoms with Crippen LogP contribution in [-0.2, 0) is 19.6 Å². The van der Waals surface area contributed by atoms with Crippen molar-refractivity contribution in [2.45, 2.75) is 11.3 Å². The number of amides is 1. The summed E-state index contributed by atoms with van der Waals surface area (Å²) in [6, 6.07) is 15.7. The Kier molecular flexibility index (Phi) is 7.53. The molecular weight excluding hydrogens is 434 g/mol. The number of anilines is 1. The van der Waals surface area contributed by atoms with Gasteiger partial charge in [0.15, 0.2) is 5.17 Å². The monoisotopic (exact) mass is 459 g/mol. The molecule has 0 aromatic heterocycles. The van der Waals surface area contributed by atoms with Crippen molar-refractivity contribution in [3.63, 3.8) is 0 Å². The van der Waals surface area contributed by atoms with Crippen LogP contribution in [0.3, 0.4) is 0 Å². The standard InChI is InChI=1S/C22H25N3O4S2/c1-24(2)18-12-10-17(11-13-18)16-20-21(26)25(14-7-15-29-3)22(30-20)23-31(27,28)19-8-5-4-6-9-19/h4-6,8-13,16H,7,14-15H2,1-3H3. The summed E-state index contributed by atoms with van der Waals surface area (Å²) >= 11 is 1.07. The molecule has 0 radical (unpaired) electrons. The van der Waals surface area contributed by atoms with Gasteiger partial charge in [-0.25, -0.2) is 0 Å². The second-order valence-corrected chi connectivity index (χ2v) is 9.67. The quantitative estimate of drug-likeness (QED) is 0.444. The highest BCUT2D eigenvalue weighted by Crippen LogP contribution is 2.34. The van der Waals surface area contributed by atoms with Gasteiger partial charge in [-0.05, 0) is 54.1 Å². The van der Waals surface area contributed by atoms with Crippen LogP contribution < -0.4 is 4.90 Å². The van der Waals surface area contributed by atoms with Crippen LogP contribution in [0.5, 0.6) is 0 Å². The van der Waals surface area contributed by atoms with Gasteiger partial charge < -0.3 is 9.64 Å². The molecule has 1 fully saturated rings. The van der Waals surface area contributed by atoms with Crippen molar-refractivity contribution < 1.29 is 17.9 Å². The van der Waals surface area contributed by atoms with Crippen LogP contribution in [0.15, 0.2) is 68.8 Å². The molecular formula is C22H25N3O4S2. The van der Waals surface area contributed by atoms with Gasteiger partial charge in [-0.3, -0.25) is 9.69 Å². The van der Waals surface area contributed by atoms with Crippen LogP contribution >= 0.6 is 11.8 Å². The molecule has 0 spiro atoms. The normalized spacial score (nSPS) is 17.0. The van der Waals surface area contributed by atoms with Crippen LogP contribution in [0.25, 0.3) is 6.08 Å². The van der Waals surface area contributed by atoms with Crippen molar-refractivity contribution in [1.82, 2.24) is 4.90 Å². The second kappa shape index (κ2) is 10.1. The second-order valence-electron chi connectivity index (χ2n) is 7.06. The summed E-state index contributed by atoms with van der Waals surface area (Å²) in [4.78, 5) is 16.9. The molecule has 9 heteroatoms. The maximum atomic E-state index is 13.0. The number of ether oxygens (including phenoxy) is 1. The van der Waals surface area contributed by atoms with E-state index in [1.807, 2.05) is 43.3 Å². The van der Waals surface area contributed by atoms with E-state index in [9.17, 15) is 13.2 Å². The Hall–Kier alpha value is -2.62. The third-order valence-electron chi connectivity index (χ3n) is 4.56. The van der Waals surface area contributed by atoms with E-state index in [1.165, 1.54) is 17.0 Å². The number of nitrogens with zero attached hydrogens (tertiary/aromatic N) is 3.